The average molecular weight is 360 g/mol. The normalized spacial score (nSPS) is 14.8. The Morgan fingerprint density at radius 1 is 1.07 bits per heavy atom. The highest BCUT2D eigenvalue weighted by Crippen LogP contribution is 2.28. The van der Waals surface area contributed by atoms with E-state index >= 15 is 0 Å². The van der Waals surface area contributed by atoms with E-state index in [0.29, 0.717) is 11.6 Å². The summed E-state index contributed by atoms with van der Waals surface area (Å²) in [4.78, 5) is 16.0. The zero-order valence-electron chi connectivity index (χ0n) is 15.3. The van der Waals surface area contributed by atoms with Gasteiger partial charge in [-0.3, -0.25) is 9.78 Å². The molecule has 0 aliphatic heterocycles. The lowest BCUT2D eigenvalue weighted by molar-refractivity contribution is 0.100. The predicted molar refractivity (Wildman–Crippen MR) is 108 cm³/mol. The molecular formula is C22H24N4O. The van der Waals surface area contributed by atoms with Crippen LogP contribution >= 0.6 is 0 Å². The fourth-order valence-electron chi connectivity index (χ4n) is 3.85. The first-order valence-corrected chi connectivity index (χ1v) is 9.51. The highest BCUT2D eigenvalue weighted by atomic mass is 16.1. The smallest absolute Gasteiger partial charge is 0.250 e. The molecule has 5 heteroatoms. The van der Waals surface area contributed by atoms with Crippen molar-refractivity contribution in [1.29, 1.82) is 0 Å². The van der Waals surface area contributed by atoms with Crippen LogP contribution in [0.5, 0.6) is 0 Å². The summed E-state index contributed by atoms with van der Waals surface area (Å²) < 4.78 is 2.12. The van der Waals surface area contributed by atoms with Gasteiger partial charge >= 0.3 is 0 Å². The number of primary amides is 1. The molecule has 1 saturated carbocycles. The van der Waals surface area contributed by atoms with Crippen molar-refractivity contribution in [3.63, 3.8) is 0 Å². The summed E-state index contributed by atoms with van der Waals surface area (Å²) in [5.74, 6) is -0.401. The van der Waals surface area contributed by atoms with Gasteiger partial charge in [0.25, 0.3) is 5.91 Å². The van der Waals surface area contributed by atoms with Gasteiger partial charge in [0.05, 0.1) is 11.3 Å². The van der Waals surface area contributed by atoms with Gasteiger partial charge in [0.2, 0.25) is 0 Å². The van der Waals surface area contributed by atoms with Crippen molar-refractivity contribution in [2.45, 2.75) is 38.1 Å². The number of carbonyl (C=O) groups excluding carboxylic acids is 1. The molecule has 2 heterocycles. The molecule has 138 valence electrons. The molecule has 2 aromatic heterocycles. The molecule has 0 atom stereocenters. The largest absolute Gasteiger partial charge is 0.382 e. The SMILES string of the molecule is NC(=O)c1ccc(-n2cccc2-c2ccncc2)cc1NC1CCCCC1. The third-order valence-corrected chi connectivity index (χ3v) is 5.24. The van der Waals surface area contributed by atoms with E-state index < -0.39 is 5.91 Å². The fraction of sp³-hybridized carbons (Fsp3) is 0.273. The third-order valence-electron chi connectivity index (χ3n) is 5.24. The summed E-state index contributed by atoms with van der Waals surface area (Å²) in [6.45, 7) is 0. The van der Waals surface area contributed by atoms with Gasteiger partial charge in [0, 0.05) is 41.6 Å². The second-order valence-corrected chi connectivity index (χ2v) is 7.07. The summed E-state index contributed by atoms with van der Waals surface area (Å²) >= 11 is 0. The van der Waals surface area contributed by atoms with Crippen molar-refractivity contribution in [3.05, 3.63) is 66.6 Å². The Kier molecular flexibility index (Phi) is 4.92. The quantitative estimate of drug-likeness (QED) is 0.709. The summed E-state index contributed by atoms with van der Waals surface area (Å²) in [6, 6.07) is 14.3. The molecule has 0 unspecified atom stereocenters. The molecule has 5 nitrogen and oxygen atoms in total. The Morgan fingerprint density at radius 3 is 2.59 bits per heavy atom. The van der Waals surface area contributed by atoms with Crippen LogP contribution in [0, 0.1) is 0 Å². The number of nitrogens with two attached hydrogens (primary N) is 1. The van der Waals surface area contributed by atoms with Crippen molar-refractivity contribution < 1.29 is 4.79 Å². The van der Waals surface area contributed by atoms with Crippen LogP contribution in [0.3, 0.4) is 0 Å². The summed E-state index contributed by atoms with van der Waals surface area (Å²) in [5.41, 5.74) is 10.1. The van der Waals surface area contributed by atoms with Crippen LogP contribution in [0.2, 0.25) is 0 Å². The number of pyridine rings is 1. The van der Waals surface area contributed by atoms with Crippen molar-refractivity contribution in [2.24, 2.45) is 5.73 Å². The lowest BCUT2D eigenvalue weighted by Crippen LogP contribution is -2.24. The standard InChI is InChI=1S/C22H24N4O/c23-22(27)19-9-8-18(15-20(19)25-17-5-2-1-3-6-17)26-14-4-7-21(26)16-10-12-24-13-11-16/h4,7-15,17,25H,1-3,5-6H2,(H2,23,27). The first-order chi connectivity index (χ1) is 13.2. The highest BCUT2D eigenvalue weighted by Gasteiger charge is 2.17. The number of anilines is 1. The summed E-state index contributed by atoms with van der Waals surface area (Å²) in [5, 5.41) is 3.57. The van der Waals surface area contributed by atoms with Crippen LogP contribution in [-0.4, -0.2) is 21.5 Å². The van der Waals surface area contributed by atoms with Gasteiger partial charge in [0.1, 0.15) is 0 Å². The number of hydrogen-bond acceptors (Lipinski definition) is 3. The van der Waals surface area contributed by atoms with Crippen molar-refractivity contribution in [1.82, 2.24) is 9.55 Å². The van der Waals surface area contributed by atoms with Gasteiger partial charge in [-0.15, -0.1) is 0 Å². The van der Waals surface area contributed by atoms with E-state index in [2.05, 4.69) is 20.9 Å². The molecule has 4 rings (SSSR count). The lowest BCUT2D eigenvalue weighted by atomic mass is 9.95. The lowest BCUT2D eigenvalue weighted by Gasteiger charge is -2.25. The molecule has 1 aliphatic rings. The summed E-state index contributed by atoms with van der Waals surface area (Å²) in [7, 11) is 0. The van der Waals surface area contributed by atoms with Crippen LogP contribution in [0.4, 0.5) is 5.69 Å². The minimum Gasteiger partial charge on any atom is -0.382 e. The number of nitrogens with zero attached hydrogens (tertiary/aromatic N) is 2. The number of rotatable bonds is 5. The minimum atomic E-state index is -0.401. The number of nitrogens with one attached hydrogen (secondary N) is 1. The monoisotopic (exact) mass is 360 g/mol. The summed E-state index contributed by atoms with van der Waals surface area (Å²) in [6.07, 6.45) is 11.6. The molecule has 0 saturated heterocycles. The van der Waals surface area contributed by atoms with Gasteiger partial charge in [0.15, 0.2) is 0 Å². The van der Waals surface area contributed by atoms with Gasteiger partial charge in [-0.1, -0.05) is 19.3 Å². The zero-order valence-corrected chi connectivity index (χ0v) is 15.3. The van der Waals surface area contributed by atoms with Crippen molar-refractivity contribution in [2.75, 3.05) is 5.32 Å². The van der Waals surface area contributed by atoms with Crippen LogP contribution in [0.1, 0.15) is 42.5 Å². The number of benzene rings is 1. The maximum absolute atomic E-state index is 11.9. The van der Waals surface area contributed by atoms with Crippen LogP contribution in [0.15, 0.2) is 61.1 Å². The van der Waals surface area contributed by atoms with Crippen LogP contribution < -0.4 is 11.1 Å². The molecule has 3 N–H and O–H groups in total. The molecule has 0 radical (unpaired) electrons. The number of carbonyl (C=O) groups is 1. The molecule has 0 bridgehead atoms. The van der Waals surface area contributed by atoms with Gasteiger partial charge in [-0.2, -0.15) is 0 Å². The topological polar surface area (TPSA) is 72.9 Å². The van der Waals surface area contributed by atoms with Gasteiger partial charge < -0.3 is 15.6 Å². The van der Waals surface area contributed by atoms with E-state index in [1.807, 2.05) is 42.6 Å². The predicted octanol–water partition coefficient (Wildman–Crippen LogP) is 4.38. The third kappa shape index (κ3) is 3.72. The zero-order chi connectivity index (χ0) is 18.6. The molecular weight excluding hydrogens is 336 g/mol. The molecule has 1 aromatic carbocycles. The first kappa shape index (κ1) is 17.3. The molecule has 1 amide bonds. The number of hydrogen-bond donors (Lipinski definition) is 2. The van der Waals surface area contributed by atoms with Crippen molar-refractivity contribution >= 4 is 11.6 Å². The Bertz CT molecular complexity index is 926. The highest BCUT2D eigenvalue weighted by molar-refractivity contribution is 5.99. The maximum Gasteiger partial charge on any atom is 0.250 e. The second-order valence-electron chi connectivity index (χ2n) is 7.07. The van der Waals surface area contributed by atoms with Gasteiger partial charge in [-0.25, -0.2) is 0 Å². The van der Waals surface area contributed by atoms with E-state index in [1.54, 1.807) is 12.4 Å². The number of amides is 1. The Balaban J connectivity index is 1.71. The maximum atomic E-state index is 11.9. The van der Waals surface area contributed by atoms with Gasteiger partial charge in [-0.05, 0) is 55.3 Å². The van der Waals surface area contributed by atoms with Crippen molar-refractivity contribution in [3.8, 4) is 16.9 Å². The Morgan fingerprint density at radius 2 is 1.85 bits per heavy atom. The molecule has 3 aromatic rings. The van der Waals surface area contributed by atoms with E-state index in [4.69, 9.17) is 5.73 Å². The molecule has 0 spiro atoms. The van der Waals surface area contributed by atoms with Crippen LogP contribution in [0.25, 0.3) is 16.9 Å². The fourth-order valence-corrected chi connectivity index (χ4v) is 3.85. The minimum absolute atomic E-state index is 0.399. The van der Waals surface area contributed by atoms with E-state index in [-0.39, 0.29) is 0 Å². The van der Waals surface area contributed by atoms with Crippen LogP contribution in [-0.2, 0) is 0 Å². The molecule has 1 fully saturated rings. The molecule has 27 heavy (non-hydrogen) atoms. The second kappa shape index (κ2) is 7.66. The Hall–Kier alpha value is -3.08. The average Bonchev–Trinajstić information content (AvgIpc) is 3.19. The number of aromatic nitrogens is 2. The van der Waals surface area contributed by atoms with E-state index in [0.717, 1.165) is 35.5 Å². The molecule has 1 aliphatic carbocycles. The Labute approximate surface area is 159 Å². The van der Waals surface area contributed by atoms with E-state index in [9.17, 15) is 4.79 Å². The van der Waals surface area contributed by atoms with E-state index in [1.165, 1.54) is 19.3 Å². The first-order valence-electron chi connectivity index (χ1n) is 9.51.